The van der Waals surface area contributed by atoms with E-state index in [0.29, 0.717) is 6.54 Å². The third-order valence-corrected chi connectivity index (χ3v) is 4.28. The average molecular weight is 329 g/mol. The van der Waals surface area contributed by atoms with E-state index in [-0.39, 0.29) is 11.9 Å². The largest absolute Gasteiger partial charge is 0.379 e. The Morgan fingerprint density at radius 2 is 2.04 bits per heavy atom. The second-order valence-electron chi connectivity index (χ2n) is 5.93. The van der Waals surface area contributed by atoms with Crippen LogP contribution in [0.2, 0.25) is 0 Å². The summed E-state index contributed by atoms with van der Waals surface area (Å²) < 4.78 is 6.95. The monoisotopic (exact) mass is 329 g/mol. The molecule has 7 nitrogen and oxygen atoms in total. The number of hydrogen-bond acceptors (Lipinski definition) is 5. The molecule has 128 valence electrons. The van der Waals surface area contributed by atoms with Gasteiger partial charge in [-0.1, -0.05) is 24.3 Å². The lowest BCUT2D eigenvalue weighted by molar-refractivity contribution is -0.124. The number of amides is 1. The first-order valence-corrected chi connectivity index (χ1v) is 8.23. The quantitative estimate of drug-likeness (QED) is 0.855. The highest BCUT2D eigenvalue weighted by Crippen LogP contribution is 2.13. The van der Waals surface area contributed by atoms with E-state index in [1.807, 2.05) is 19.1 Å². The number of hydrogen-bond donors (Lipinski definition) is 1. The van der Waals surface area contributed by atoms with Crippen LogP contribution in [-0.2, 0) is 22.6 Å². The molecule has 0 radical (unpaired) electrons. The Balaban J connectivity index is 1.59. The van der Waals surface area contributed by atoms with Gasteiger partial charge in [-0.2, -0.15) is 5.10 Å². The predicted octanol–water partition coefficient (Wildman–Crippen LogP) is 0.988. The average Bonchev–Trinajstić information content (AvgIpc) is 3.15. The van der Waals surface area contributed by atoms with Crippen molar-refractivity contribution in [3.05, 3.63) is 48.0 Å². The van der Waals surface area contributed by atoms with Gasteiger partial charge in [-0.15, -0.1) is 0 Å². The van der Waals surface area contributed by atoms with Crippen LogP contribution in [0, 0.1) is 0 Å². The fourth-order valence-electron chi connectivity index (χ4n) is 2.75. The molecule has 0 saturated carbocycles. The molecule has 1 N–H and O–H groups in total. The second kappa shape index (κ2) is 8.03. The maximum Gasteiger partial charge on any atom is 0.244 e. The summed E-state index contributed by atoms with van der Waals surface area (Å²) in [6.45, 7) is 6.67. The number of carbonyl (C=O) groups is 1. The van der Waals surface area contributed by atoms with E-state index in [4.69, 9.17) is 4.74 Å². The summed E-state index contributed by atoms with van der Waals surface area (Å²) in [5.74, 6) is -0.0679. The molecule has 1 atom stereocenters. The maximum absolute atomic E-state index is 12.3. The lowest BCUT2D eigenvalue weighted by atomic mass is 10.1. The first-order valence-electron chi connectivity index (χ1n) is 8.23. The second-order valence-corrected chi connectivity index (χ2v) is 5.93. The molecule has 0 bridgehead atoms. The van der Waals surface area contributed by atoms with Crippen molar-refractivity contribution in [3.63, 3.8) is 0 Å². The Morgan fingerprint density at radius 3 is 2.75 bits per heavy atom. The van der Waals surface area contributed by atoms with Gasteiger partial charge < -0.3 is 10.1 Å². The molecule has 0 aliphatic carbocycles. The zero-order valence-electron chi connectivity index (χ0n) is 13.9. The third kappa shape index (κ3) is 4.18. The van der Waals surface area contributed by atoms with E-state index in [0.717, 1.165) is 38.4 Å². The van der Waals surface area contributed by atoms with Crippen molar-refractivity contribution in [3.8, 4) is 0 Å². The number of ether oxygens (including phenoxy) is 1. The Kier molecular flexibility index (Phi) is 5.55. The van der Waals surface area contributed by atoms with Crippen molar-refractivity contribution in [1.82, 2.24) is 25.0 Å². The number of morpholine rings is 1. The van der Waals surface area contributed by atoms with Crippen LogP contribution < -0.4 is 5.32 Å². The molecule has 3 rings (SSSR count). The van der Waals surface area contributed by atoms with Gasteiger partial charge in [0.15, 0.2) is 0 Å². The molecule has 2 aromatic rings. The molecule has 1 saturated heterocycles. The van der Waals surface area contributed by atoms with Gasteiger partial charge in [-0.05, 0) is 18.1 Å². The van der Waals surface area contributed by atoms with Gasteiger partial charge in [0, 0.05) is 26.2 Å². The van der Waals surface area contributed by atoms with E-state index in [1.54, 1.807) is 11.0 Å². The first-order chi connectivity index (χ1) is 11.7. The zero-order valence-corrected chi connectivity index (χ0v) is 13.9. The van der Waals surface area contributed by atoms with Crippen LogP contribution >= 0.6 is 0 Å². The lowest BCUT2D eigenvalue weighted by Crippen LogP contribution is -2.36. The molecular weight excluding hydrogens is 306 g/mol. The van der Waals surface area contributed by atoms with Crippen molar-refractivity contribution in [2.24, 2.45) is 0 Å². The van der Waals surface area contributed by atoms with Gasteiger partial charge in [0.1, 0.15) is 18.7 Å². The minimum atomic E-state index is -0.376. The third-order valence-electron chi connectivity index (χ3n) is 4.28. The Hall–Kier alpha value is -2.25. The summed E-state index contributed by atoms with van der Waals surface area (Å²) in [6, 6.07) is 7.86. The number of nitrogens with zero attached hydrogens (tertiary/aromatic N) is 4. The summed E-state index contributed by atoms with van der Waals surface area (Å²) in [4.78, 5) is 18.5. The van der Waals surface area contributed by atoms with E-state index in [1.165, 1.54) is 11.9 Å². The molecule has 1 aromatic heterocycles. The maximum atomic E-state index is 12.3. The van der Waals surface area contributed by atoms with E-state index < -0.39 is 0 Å². The van der Waals surface area contributed by atoms with Crippen LogP contribution in [0.5, 0.6) is 0 Å². The van der Waals surface area contributed by atoms with Gasteiger partial charge in [-0.25, -0.2) is 9.67 Å². The predicted molar refractivity (Wildman–Crippen MR) is 89.1 cm³/mol. The van der Waals surface area contributed by atoms with Crippen molar-refractivity contribution < 1.29 is 9.53 Å². The van der Waals surface area contributed by atoms with Crippen molar-refractivity contribution in [2.45, 2.75) is 26.1 Å². The molecule has 1 aliphatic rings. The van der Waals surface area contributed by atoms with Gasteiger partial charge >= 0.3 is 0 Å². The van der Waals surface area contributed by atoms with E-state index in [9.17, 15) is 4.79 Å². The van der Waals surface area contributed by atoms with Crippen molar-refractivity contribution in [2.75, 3.05) is 26.3 Å². The molecule has 24 heavy (non-hydrogen) atoms. The van der Waals surface area contributed by atoms with Gasteiger partial charge in [0.25, 0.3) is 0 Å². The Labute approximate surface area is 141 Å². The molecule has 1 amide bonds. The van der Waals surface area contributed by atoms with E-state index in [2.05, 4.69) is 32.4 Å². The van der Waals surface area contributed by atoms with Crippen LogP contribution in [-0.4, -0.2) is 51.9 Å². The highest BCUT2D eigenvalue weighted by Gasteiger charge is 2.16. The topological polar surface area (TPSA) is 72.3 Å². The first kappa shape index (κ1) is 16.6. The van der Waals surface area contributed by atoms with Crippen LogP contribution in [0.15, 0.2) is 36.9 Å². The minimum Gasteiger partial charge on any atom is -0.379 e. The summed E-state index contributed by atoms with van der Waals surface area (Å²) >= 11 is 0. The van der Waals surface area contributed by atoms with Gasteiger partial charge in [0.2, 0.25) is 5.91 Å². The molecular formula is C17H23N5O2. The normalized spacial score (nSPS) is 16.7. The van der Waals surface area contributed by atoms with Crippen molar-refractivity contribution in [1.29, 1.82) is 0 Å². The van der Waals surface area contributed by atoms with Crippen LogP contribution in [0.25, 0.3) is 0 Å². The van der Waals surface area contributed by atoms with Gasteiger partial charge in [-0.3, -0.25) is 9.69 Å². The fourth-order valence-corrected chi connectivity index (χ4v) is 2.75. The van der Waals surface area contributed by atoms with Crippen LogP contribution in [0.3, 0.4) is 0 Å². The summed E-state index contributed by atoms with van der Waals surface area (Å²) in [5.41, 5.74) is 2.39. The number of aromatic nitrogens is 3. The fraction of sp³-hybridized carbons (Fsp3) is 0.471. The molecule has 0 spiro atoms. The summed E-state index contributed by atoms with van der Waals surface area (Å²) in [5, 5.41) is 7.01. The molecule has 1 aliphatic heterocycles. The molecule has 1 fully saturated rings. The van der Waals surface area contributed by atoms with Crippen LogP contribution in [0.1, 0.15) is 24.1 Å². The molecule has 1 aromatic carbocycles. The van der Waals surface area contributed by atoms with Gasteiger partial charge in [0.05, 0.1) is 13.2 Å². The molecule has 0 unspecified atom stereocenters. The molecule has 2 heterocycles. The Morgan fingerprint density at radius 1 is 1.29 bits per heavy atom. The number of carbonyl (C=O) groups excluding carboxylic acids is 1. The molecule has 7 heteroatoms. The number of nitrogens with one attached hydrogen (secondary N) is 1. The van der Waals surface area contributed by atoms with Crippen molar-refractivity contribution >= 4 is 5.91 Å². The minimum absolute atomic E-state index is 0.0679. The standard InChI is InChI=1S/C17H23N5O2/c1-14(22-13-18-12-20-22)17(23)19-10-15-4-2-3-5-16(15)11-21-6-8-24-9-7-21/h2-5,12-14H,6-11H2,1H3,(H,19,23)/t14-/m0/s1. The van der Waals surface area contributed by atoms with E-state index >= 15 is 0 Å². The number of benzene rings is 1. The smallest absolute Gasteiger partial charge is 0.244 e. The lowest BCUT2D eigenvalue weighted by Gasteiger charge is -2.27. The Bertz CT molecular complexity index is 653. The highest BCUT2D eigenvalue weighted by atomic mass is 16.5. The number of rotatable bonds is 6. The summed E-state index contributed by atoms with van der Waals surface area (Å²) in [6.07, 6.45) is 2.98. The van der Waals surface area contributed by atoms with Crippen LogP contribution in [0.4, 0.5) is 0 Å². The SMILES string of the molecule is C[C@@H](C(=O)NCc1ccccc1CN1CCOCC1)n1cncn1. The summed E-state index contributed by atoms with van der Waals surface area (Å²) in [7, 11) is 0. The highest BCUT2D eigenvalue weighted by molar-refractivity contribution is 5.79. The zero-order chi connectivity index (χ0) is 16.8.